The van der Waals surface area contributed by atoms with Crippen LogP contribution in [0.3, 0.4) is 0 Å². The van der Waals surface area contributed by atoms with E-state index < -0.39 is 0 Å². The zero-order chi connectivity index (χ0) is 16.4. The number of fused-ring (bicyclic) bond motifs is 3. The third-order valence-corrected chi connectivity index (χ3v) is 4.17. The molecule has 0 unspecified atom stereocenters. The van der Waals surface area contributed by atoms with Crippen molar-refractivity contribution in [3.8, 4) is 0 Å². The predicted molar refractivity (Wildman–Crippen MR) is 88.1 cm³/mol. The second-order valence-corrected chi connectivity index (χ2v) is 5.96. The van der Waals surface area contributed by atoms with Crippen LogP contribution in [-0.2, 0) is 22.6 Å². The van der Waals surface area contributed by atoms with Crippen molar-refractivity contribution in [1.29, 1.82) is 0 Å². The molecule has 0 spiro atoms. The molecule has 8 heteroatoms. The predicted octanol–water partition coefficient (Wildman–Crippen LogP) is 1.83. The van der Waals surface area contributed by atoms with Crippen LogP contribution in [0.2, 0.25) is 5.02 Å². The van der Waals surface area contributed by atoms with E-state index in [2.05, 4.69) is 9.97 Å². The number of nitrogen functional groups attached to an aromatic ring is 1. The maximum absolute atomic E-state index is 12.2. The first-order valence-corrected chi connectivity index (χ1v) is 8.14. The normalized spacial score (nSPS) is 14.3. The van der Waals surface area contributed by atoms with E-state index in [0.717, 1.165) is 17.9 Å². The molecular weight excluding hydrogens is 318 g/mol. The van der Waals surface area contributed by atoms with Crippen LogP contribution in [0.4, 0.5) is 5.82 Å². The molecule has 0 aromatic carbocycles. The molecule has 2 aromatic rings. The fourth-order valence-electron chi connectivity index (χ4n) is 2.69. The van der Waals surface area contributed by atoms with Crippen molar-refractivity contribution in [2.24, 2.45) is 0 Å². The van der Waals surface area contributed by atoms with E-state index >= 15 is 0 Å². The summed E-state index contributed by atoms with van der Waals surface area (Å²) in [5.41, 5.74) is 7.20. The minimum atomic E-state index is 0.0879. The van der Waals surface area contributed by atoms with Gasteiger partial charge in [0.15, 0.2) is 5.65 Å². The molecule has 1 aliphatic heterocycles. The number of carbonyl (C=O) groups is 1. The minimum Gasteiger partial charge on any atom is -0.382 e. The Morgan fingerprint density at radius 3 is 3.00 bits per heavy atom. The SMILES string of the molecule is CCCOCCC(=O)N1CCn2c(nc3cc(Cl)c(N)nc32)C1. The first-order valence-electron chi connectivity index (χ1n) is 7.76. The van der Waals surface area contributed by atoms with Crippen LogP contribution < -0.4 is 5.73 Å². The Hall–Kier alpha value is -1.86. The number of hydrogen-bond donors (Lipinski definition) is 1. The number of pyridine rings is 1. The quantitative estimate of drug-likeness (QED) is 0.841. The first-order chi connectivity index (χ1) is 11.1. The standard InChI is InChI=1S/C15H20ClN5O2/c1-2-6-23-7-3-13(22)20-4-5-21-12(9-20)18-11-8-10(16)14(17)19-15(11)21/h8H,2-7,9H2,1H3,(H2,17,19). The van der Waals surface area contributed by atoms with Gasteiger partial charge in [-0.1, -0.05) is 18.5 Å². The number of ether oxygens (including phenoxy) is 1. The van der Waals surface area contributed by atoms with E-state index in [4.69, 9.17) is 22.1 Å². The second-order valence-electron chi connectivity index (χ2n) is 5.56. The van der Waals surface area contributed by atoms with Gasteiger partial charge in [-0.2, -0.15) is 0 Å². The molecule has 0 atom stereocenters. The molecule has 1 aliphatic rings. The zero-order valence-electron chi connectivity index (χ0n) is 13.1. The summed E-state index contributed by atoms with van der Waals surface area (Å²) >= 11 is 6.00. The molecule has 23 heavy (non-hydrogen) atoms. The fourth-order valence-corrected chi connectivity index (χ4v) is 2.83. The number of hydrogen-bond acceptors (Lipinski definition) is 5. The fraction of sp³-hybridized carbons (Fsp3) is 0.533. The van der Waals surface area contributed by atoms with E-state index in [1.54, 1.807) is 6.07 Å². The number of carbonyl (C=O) groups excluding carboxylic acids is 1. The highest BCUT2D eigenvalue weighted by molar-refractivity contribution is 6.33. The summed E-state index contributed by atoms with van der Waals surface area (Å²) in [6, 6.07) is 1.72. The van der Waals surface area contributed by atoms with E-state index in [0.29, 0.717) is 55.6 Å². The van der Waals surface area contributed by atoms with Crippen molar-refractivity contribution in [2.45, 2.75) is 32.9 Å². The number of nitrogens with two attached hydrogens (primary N) is 1. The molecule has 0 saturated carbocycles. The maximum Gasteiger partial charge on any atom is 0.225 e. The molecule has 124 valence electrons. The molecule has 0 aliphatic carbocycles. The number of nitrogens with zero attached hydrogens (tertiary/aromatic N) is 4. The third-order valence-electron chi connectivity index (χ3n) is 3.87. The van der Waals surface area contributed by atoms with Gasteiger partial charge in [-0.05, 0) is 12.5 Å². The summed E-state index contributed by atoms with van der Waals surface area (Å²) in [5, 5.41) is 0.397. The smallest absolute Gasteiger partial charge is 0.225 e. The van der Waals surface area contributed by atoms with Gasteiger partial charge in [0.2, 0.25) is 5.91 Å². The largest absolute Gasteiger partial charge is 0.382 e. The van der Waals surface area contributed by atoms with Crippen molar-refractivity contribution in [2.75, 3.05) is 25.5 Å². The highest BCUT2D eigenvalue weighted by Gasteiger charge is 2.24. The van der Waals surface area contributed by atoms with Crippen molar-refractivity contribution in [3.05, 3.63) is 16.9 Å². The van der Waals surface area contributed by atoms with Crippen molar-refractivity contribution >= 4 is 34.5 Å². The molecule has 3 heterocycles. The molecule has 0 saturated heterocycles. The Balaban J connectivity index is 1.72. The molecule has 2 aromatic heterocycles. The highest BCUT2D eigenvalue weighted by atomic mass is 35.5. The minimum absolute atomic E-state index is 0.0879. The monoisotopic (exact) mass is 337 g/mol. The Kier molecular flexibility index (Phi) is 4.68. The van der Waals surface area contributed by atoms with Gasteiger partial charge < -0.3 is 19.9 Å². The van der Waals surface area contributed by atoms with Gasteiger partial charge in [0.05, 0.1) is 24.6 Å². The Labute approximate surface area is 139 Å². The van der Waals surface area contributed by atoms with Crippen molar-refractivity contribution in [1.82, 2.24) is 19.4 Å². The van der Waals surface area contributed by atoms with Crippen LogP contribution in [0.25, 0.3) is 11.2 Å². The van der Waals surface area contributed by atoms with Crippen LogP contribution in [0, 0.1) is 0 Å². The number of amides is 1. The lowest BCUT2D eigenvalue weighted by molar-refractivity contribution is -0.133. The molecule has 3 rings (SSSR count). The van der Waals surface area contributed by atoms with E-state index in [-0.39, 0.29) is 5.91 Å². The molecule has 0 bridgehead atoms. The summed E-state index contributed by atoms with van der Waals surface area (Å²) in [6.07, 6.45) is 1.36. The van der Waals surface area contributed by atoms with Crippen LogP contribution >= 0.6 is 11.6 Å². The molecule has 2 N–H and O–H groups in total. The van der Waals surface area contributed by atoms with Gasteiger partial charge in [0.1, 0.15) is 17.2 Å². The zero-order valence-corrected chi connectivity index (χ0v) is 13.8. The van der Waals surface area contributed by atoms with Gasteiger partial charge in [0, 0.05) is 19.7 Å². The number of rotatable bonds is 5. The summed E-state index contributed by atoms with van der Waals surface area (Å²) < 4.78 is 7.38. The summed E-state index contributed by atoms with van der Waals surface area (Å²) in [7, 11) is 0. The molecule has 0 fully saturated rings. The lowest BCUT2D eigenvalue weighted by atomic mass is 10.3. The Morgan fingerprint density at radius 1 is 1.39 bits per heavy atom. The van der Waals surface area contributed by atoms with Crippen LogP contribution in [0.5, 0.6) is 0 Å². The third kappa shape index (κ3) is 3.25. The van der Waals surface area contributed by atoms with Crippen molar-refractivity contribution < 1.29 is 9.53 Å². The molecule has 7 nitrogen and oxygen atoms in total. The molecule has 1 amide bonds. The summed E-state index contributed by atoms with van der Waals surface area (Å²) in [6.45, 7) is 4.96. The van der Waals surface area contributed by atoms with E-state index in [9.17, 15) is 4.79 Å². The number of imidazole rings is 1. The van der Waals surface area contributed by atoms with Crippen molar-refractivity contribution in [3.63, 3.8) is 0 Å². The second kappa shape index (κ2) is 6.72. The lowest BCUT2D eigenvalue weighted by Gasteiger charge is -2.27. The Bertz CT molecular complexity index is 730. The number of aromatic nitrogens is 3. The van der Waals surface area contributed by atoms with Gasteiger partial charge in [-0.25, -0.2) is 9.97 Å². The van der Waals surface area contributed by atoms with Crippen LogP contribution in [0.15, 0.2) is 6.07 Å². The summed E-state index contributed by atoms with van der Waals surface area (Å²) in [5.74, 6) is 1.20. The number of halogens is 1. The average molecular weight is 338 g/mol. The van der Waals surface area contributed by atoms with Gasteiger partial charge in [-0.15, -0.1) is 0 Å². The Morgan fingerprint density at radius 2 is 2.22 bits per heavy atom. The van der Waals surface area contributed by atoms with E-state index in [1.165, 1.54) is 0 Å². The summed E-state index contributed by atoms with van der Waals surface area (Å²) in [4.78, 5) is 22.9. The molecular formula is C15H20ClN5O2. The van der Waals surface area contributed by atoms with E-state index in [1.807, 2.05) is 16.4 Å². The van der Waals surface area contributed by atoms with Crippen LogP contribution in [0.1, 0.15) is 25.6 Å². The van der Waals surface area contributed by atoms with Gasteiger partial charge in [0.25, 0.3) is 0 Å². The lowest BCUT2D eigenvalue weighted by Crippen LogP contribution is -2.38. The van der Waals surface area contributed by atoms with Gasteiger partial charge in [-0.3, -0.25) is 4.79 Å². The molecule has 0 radical (unpaired) electrons. The topological polar surface area (TPSA) is 86.3 Å². The van der Waals surface area contributed by atoms with Gasteiger partial charge >= 0.3 is 0 Å². The number of anilines is 1. The average Bonchev–Trinajstić information content (AvgIpc) is 2.88. The maximum atomic E-state index is 12.2. The first kappa shape index (κ1) is 16.0. The van der Waals surface area contributed by atoms with Crippen LogP contribution in [-0.4, -0.2) is 45.1 Å². The highest BCUT2D eigenvalue weighted by Crippen LogP contribution is 2.25.